The number of allylic oxidation sites excluding steroid dienone is 1. The van der Waals surface area contributed by atoms with Crippen LogP contribution in [0, 0.1) is 5.92 Å². The van der Waals surface area contributed by atoms with E-state index in [1.54, 1.807) is 10.9 Å². The van der Waals surface area contributed by atoms with Crippen LogP contribution in [-0.2, 0) is 23.1 Å². The number of rotatable bonds is 5. The van der Waals surface area contributed by atoms with Gasteiger partial charge >= 0.3 is 5.97 Å². The molecule has 0 radical (unpaired) electrons. The fraction of sp³-hybridized carbons (Fsp3) is 0.438. The van der Waals surface area contributed by atoms with Crippen LogP contribution < -0.4 is 0 Å². The minimum absolute atomic E-state index is 0.390. The molecule has 0 bridgehead atoms. The third kappa shape index (κ3) is 3.05. The Bertz CT molecular complexity index is 740. The third-order valence-electron chi connectivity index (χ3n) is 3.95. The maximum absolute atomic E-state index is 11.5. The number of nitrogens with zero attached hydrogens (tertiary/aromatic N) is 4. The molecule has 2 aromatic rings. The highest BCUT2D eigenvalue weighted by molar-refractivity contribution is 5.88. The Morgan fingerprint density at radius 3 is 2.87 bits per heavy atom. The predicted octanol–water partition coefficient (Wildman–Crippen LogP) is 1.50. The number of esters is 1. The van der Waals surface area contributed by atoms with Gasteiger partial charge in [-0.1, -0.05) is 6.08 Å². The Kier molecular flexibility index (Phi) is 4.29. The maximum Gasteiger partial charge on any atom is 0.341 e. The molecule has 0 N–H and O–H groups in total. The molecule has 3 rings (SSSR count). The van der Waals surface area contributed by atoms with Gasteiger partial charge in [0, 0.05) is 25.4 Å². The molecule has 2 aromatic heterocycles. The zero-order valence-corrected chi connectivity index (χ0v) is 13.5. The average Bonchev–Trinajstić information content (AvgIpc) is 3.09. The molecule has 1 aliphatic heterocycles. The van der Waals surface area contributed by atoms with Crippen molar-refractivity contribution in [1.29, 1.82) is 0 Å². The van der Waals surface area contributed by atoms with E-state index in [-0.39, 0.29) is 5.97 Å². The van der Waals surface area contributed by atoms with Gasteiger partial charge < -0.3 is 14.0 Å². The van der Waals surface area contributed by atoms with Crippen molar-refractivity contribution in [2.24, 2.45) is 13.0 Å². The highest BCUT2D eigenvalue weighted by Crippen LogP contribution is 2.28. The first-order valence-electron chi connectivity index (χ1n) is 7.49. The molecule has 7 nitrogen and oxygen atoms in total. The predicted molar refractivity (Wildman–Crippen MR) is 83.8 cm³/mol. The lowest BCUT2D eigenvalue weighted by Gasteiger charge is -2.28. The van der Waals surface area contributed by atoms with Crippen molar-refractivity contribution in [2.75, 3.05) is 20.3 Å². The normalized spacial score (nSPS) is 15.5. The topological polar surface area (TPSA) is 71.2 Å². The van der Waals surface area contributed by atoms with Crippen LogP contribution in [0.4, 0.5) is 0 Å². The molecule has 0 unspecified atom stereocenters. The molecule has 0 atom stereocenters. The van der Waals surface area contributed by atoms with Gasteiger partial charge in [0.1, 0.15) is 5.82 Å². The smallest absolute Gasteiger partial charge is 0.341 e. The van der Waals surface area contributed by atoms with Crippen molar-refractivity contribution in [3.05, 3.63) is 41.7 Å². The van der Waals surface area contributed by atoms with E-state index in [0.717, 1.165) is 24.7 Å². The number of carbonyl (C=O) groups excluding carboxylic acids is 1. The van der Waals surface area contributed by atoms with Gasteiger partial charge in [0.25, 0.3) is 0 Å². The number of aromatic nitrogens is 4. The van der Waals surface area contributed by atoms with Crippen LogP contribution >= 0.6 is 0 Å². The second-order valence-corrected chi connectivity index (χ2v) is 5.56. The van der Waals surface area contributed by atoms with Crippen molar-refractivity contribution >= 4 is 11.5 Å². The third-order valence-corrected chi connectivity index (χ3v) is 3.95. The summed E-state index contributed by atoms with van der Waals surface area (Å²) in [4.78, 5) is 16.2. The van der Waals surface area contributed by atoms with Gasteiger partial charge in [-0.05, 0) is 12.5 Å². The van der Waals surface area contributed by atoms with E-state index in [1.807, 2.05) is 24.7 Å². The van der Waals surface area contributed by atoms with Gasteiger partial charge in [0.05, 0.1) is 44.3 Å². The van der Waals surface area contributed by atoms with Crippen molar-refractivity contribution in [2.45, 2.75) is 13.5 Å². The molecule has 1 aliphatic rings. The minimum Gasteiger partial charge on any atom is -0.465 e. The molecule has 1 saturated heterocycles. The highest BCUT2D eigenvalue weighted by atomic mass is 16.5. The number of methoxy groups -OCH3 is 1. The van der Waals surface area contributed by atoms with Gasteiger partial charge in [-0.2, -0.15) is 5.10 Å². The van der Waals surface area contributed by atoms with E-state index >= 15 is 0 Å². The quantitative estimate of drug-likeness (QED) is 0.782. The molecule has 7 heteroatoms. The van der Waals surface area contributed by atoms with Crippen molar-refractivity contribution in [3.63, 3.8) is 0 Å². The first kappa shape index (κ1) is 15.5. The lowest BCUT2D eigenvalue weighted by molar-refractivity contribution is -0.00308. The van der Waals surface area contributed by atoms with Crippen LogP contribution in [0.1, 0.15) is 28.8 Å². The molecular weight excluding hydrogens is 296 g/mol. The van der Waals surface area contributed by atoms with Crippen LogP contribution in [0.25, 0.3) is 5.57 Å². The lowest BCUT2D eigenvalue weighted by Crippen LogP contribution is -2.29. The molecule has 3 heterocycles. The second-order valence-electron chi connectivity index (χ2n) is 5.56. The van der Waals surface area contributed by atoms with Crippen molar-refractivity contribution in [1.82, 2.24) is 19.3 Å². The summed E-state index contributed by atoms with van der Waals surface area (Å²) < 4.78 is 13.7. The molecule has 0 spiro atoms. The summed E-state index contributed by atoms with van der Waals surface area (Å²) in [6.07, 6.45) is 7.25. The van der Waals surface area contributed by atoms with Gasteiger partial charge in [-0.25, -0.2) is 9.78 Å². The van der Waals surface area contributed by atoms with E-state index in [0.29, 0.717) is 18.0 Å². The number of carbonyl (C=O) groups is 1. The van der Waals surface area contributed by atoms with E-state index < -0.39 is 0 Å². The summed E-state index contributed by atoms with van der Waals surface area (Å²) in [6, 6.07) is 0. The van der Waals surface area contributed by atoms with Gasteiger partial charge in [-0.15, -0.1) is 0 Å². The zero-order valence-electron chi connectivity index (χ0n) is 13.5. The average molecular weight is 316 g/mol. The molecule has 23 heavy (non-hydrogen) atoms. The summed E-state index contributed by atoms with van der Waals surface area (Å²) in [5.74, 6) is 0.986. The monoisotopic (exact) mass is 316 g/mol. The first-order chi connectivity index (χ1) is 11.1. The molecule has 0 aliphatic carbocycles. The Morgan fingerprint density at radius 1 is 1.48 bits per heavy atom. The summed E-state index contributed by atoms with van der Waals surface area (Å²) >= 11 is 0. The molecule has 0 saturated carbocycles. The number of imidazole rings is 1. The molecular formula is C16H20N4O3. The fourth-order valence-electron chi connectivity index (χ4n) is 2.67. The summed E-state index contributed by atoms with van der Waals surface area (Å²) in [7, 11) is 3.34. The van der Waals surface area contributed by atoms with Crippen LogP contribution in [0.2, 0.25) is 0 Å². The van der Waals surface area contributed by atoms with Crippen LogP contribution in [0.3, 0.4) is 0 Å². The standard InChI is InChI=1S/C16H20N4O3/c1-4-14(12-9-23-10-12)15-18-13(7-19(15)2)8-20-6-11(5-17-20)16(21)22-3/h4-7,12H,8-10H2,1-3H3/b14-4-. The maximum atomic E-state index is 11.5. The van der Waals surface area contributed by atoms with E-state index in [9.17, 15) is 4.79 Å². The highest BCUT2D eigenvalue weighted by Gasteiger charge is 2.26. The van der Waals surface area contributed by atoms with Crippen LogP contribution in [0.15, 0.2) is 24.7 Å². The van der Waals surface area contributed by atoms with E-state index in [4.69, 9.17) is 9.72 Å². The molecule has 0 amide bonds. The Balaban J connectivity index is 1.78. The second kappa shape index (κ2) is 6.37. The van der Waals surface area contributed by atoms with E-state index in [1.165, 1.54) is 18.9 Å². The zero-order chi connectivity index (χ0) is 16.4. The molecule has 1 fully saturated rings. The number of aryl methyl sites for hydroxylation is 1. The summed E-state index contributed by atoms with van der Waals surface area (Å²) in [5, 5.41) is 4.18. The number of hydrogen-bond acceptors (Lipinski definition) is 5. The number of hydrogen-bond donors (Lipinski definition) is 0. The summed E-state index contributed by atoms with van der Waals surface area (Å²) in [5.41, 5.74) is 2.53. The van der Waals surface area contributed by atoms with Crippen molar-refractivity contribution in [3.8, 4) is 0 Å². The Hall–Kier alpha value is -2.41. The SMILES string of the molecule is C/C=C(\c1nc(Cn2cc(C(=O)OC)cn2)cn1C)C1COC1. The minimum atomic E-state index is -0.390. The first-order valence-corrected chi connectivity index (χ1v) is 7.49. The van der Waals surface area contributed by atoms with Gasteiger partial charge in [-0.3, -0.25) is 4.68 Å². The van der Waals surface area contributed by atoms with Crippen LogP contribution in [0.5, 0.6) is 0 Å². The van der Waals surface area contributed by atoms with Gasteiger partial charge in [0.2, 0.25) is 0 Å². The fourth-order valence-corrected chi connectivity index (χ4v) is 2.67. The lowest BCUT2D eigenvalue weighted by atomic mass is 9.96. The van der Waals surface area contributed by atoms with Gasteiger partial charge in [0.15, 0.2) is 0 Å². The van der Waals surface area contributed by atoms with Crippen LogP contribution in [-0.4, -0.2) is 45.6 Å². The van der Waals surface area contributed by atoms with E-state index in [2.05, 4.69) is 15.9 Å². The largest absolute Gasteiger partial charge is 0.465 e. The Labute approximate surface area is 134 Å². The molecule has 122 valence electrons. The Morgan fingerprint density at radius 2 is 2.26 bits per heavy atom. The number of ether oxygens (including phenoxy) is 2. The van der Waals surface area contributed by atoms with Crippen molar-refractivity contribution < 1.29 is 14.3 Å². The molecule has 0 aromatic carbocycles. The summed E-state index contributed by atoms with van der Waals surface area (Å²) in [6.45, 7) is 4.04.